The van der Waals surface area contributed by atoms with E-state index in [1.807, 2.05) is 18.2 Å². The van der Waals surface area contributed by atoms with Gasteiger partial charge in [-0.05, 0) is 38.2 Å². The zero-order valence-corrected chi connectivity index (χ0v) is 23.3. The number of alkyl carbamates (subject to hydrolysis) is 1. The number of hydrogen-bond donors (Lipinski definition) is 5. The van der Waals surface area contributed by atoms with Crippen molar-refractivity contribution in [1.82, 2.24) is 31.1 Å². The van der Waals surface area contributed by atoms with E-state index in [0.717, 1.165) is 5.56 Å². The second kappa shape index (κ2) is 15.3. The Kier molecular flexibility index (Phi) is 11.6. The van der Waals surface area contributed by atoms with E-state index in [2.05, 4.69) is 21.3 Å². The van der Waals surface area contributed by atoms with Crippen molar-refractivity contribution < 1.29 is 43.4 Å². The van der Waals surface area contributed by atoms with Crippen LogP contribution >= 0.6 is 0 Å². The Balaban J connectivity index is 1.37. The maximum Gasteiger partial charge on any atom is 0.407 e. The molecule has 2 aliphatic rings. The van der Waals surface area contributed by atoms with E-state index in [9.17, 15) is 33.6 Å². The van der Waals surface area contributed by atoms with E-state index in [0.29, 0.717) is 32.2 Å². The molecule has 0 aromatic heterocycles. The monoisotopic (exact) mass is 588 g/mol. The van der Waals surface area contributed by atoms with Crippen molar-refractivity contribution in [3.63, 3.8) is 0 Å². The summed E-state index contributed by atoms with van der Waals surface area (Å²) in [5, 5.41) is 18.6. The first-order valence-electron chi connectivity index (χ1n) is 13.7. The highest BCUT2D eigenvalue weighted by Crippen LogP contribution is 2.18. The summed E-state index contributed by atoms with van der Waals surface area (Å²) < 4.78 is 5.08. The van der Waals surface area contributed by atoms with E-state index >= 15 is 0 Å². The number of ether oxygens (including phenoxy) is 1. The number of aliphatic carboxylic acids is 1. The molecule has 0 spiro atoms. The number of rotatable bonds is 12. The first-order chi connectivity index (χ1) is 20.1. The van der Waals surface area contributed by atoms with E-state index in [4.69, 9.17) is 9.84 Å². The molecule has 1 aromatic rings. The van der Waals surface area contributed by atoms with Crippen LogP contribution < -0.4 is 21.3 Å². The van der Waals surface area contributed by atoms with Crippen molar-refractivity contribution in [3.05, 3.63) is 35.9 Å². The van der Waals surface area contributed by atoms with E-state index in [-0.39, 0.29) is 19.7 Å². The van der Waals surface area contributed by atoms with Gasteiger partial charge in [-0.3, -0.25) is 28.8 Å². The molecule has 2 heterocycles. The van der Waals surface area contributed by atoms with Crippen molar-refractivity contribution in [2.45, 2.75) is 57.3 Å². The van der Waals surface area contributed by atoms with Crippen LogP contribution in [0.25, 0.3) is 0 Å². The second-order valence-corrected chi connectivity index (χ2v) is 9.97. The highest BCUT2D eigenvalue weighted by Gasteiger charge is 2.36. The van der Waals surface area contributed by atoms with Gasteiger partial charge in [-0.25, -0.2) is 4.79 Å². The minimum Gasteiger partial charge on any atom is -0.480 e. The number of carboxylic acids is 1. The smallest absolute Gasteiger partial charge is 0.407 e. The van der Waals surface area contributed by atoms with Crippen LogP contribution in [0.4, 0.5) is 4.79 Å². The van der Waals surface area contributed by atoms with Crippen LogP contribution in [-0.2, 0) is 40.1 Å². The van der Waals surface area contributed by atoms with Gasteiger partial charge < -0.3 is 40.9 Å². The molecule has 15 heteroatoms. The molecule has 0 bridgehead atoms. The van der Waals surface area contributed by atoms with Gasteiger partial charge >= 0.3 is 12.1 Å². The van der Waals surface area contributed by atoms with Gasteiger partial charge in [0, 0.05) is 13.1 Å². The maximum absolute atomic E-state index is 12.7. The van der Waals surface area contributed by atoms with Crippen molar-refractivity contribution >= 4 is 41.6 Å². The number of nitrogens with zero attached hydrogens (tertiary/aromatic N) is 2. The number of carbonyl (C=O) groups is 7. The van der Waals surface area contributed by atoms with E-state index < -0.39 is 72.8 Å². The summed E-state index contributed by atoms with van der Waals surface area (Å²) in [6, 6.07) is 6.28. The van der Waals surface area contributed by atoms with E-state index in [1.54, 1.807) is 12.1 Å². The molecule has 228 valence electrons. The normalized spacial score (nSPS) is 18.5. The molecule has 0 saturated carbocycles. The van der Waals surface area contributed by atoms with Gasteiger partial charge in [0.1, 0.15) is 31.3 Å². The van der Waals surface area contributed by atoms with Gasteiger partial charge in [-0.15, -0.1) is 0 Å². The lowest BCUT2D eigenvalue weighted by Crippen LogP contribution is -2.52. The van der Waals surface area contributed by atoms with Crippen LogP contribution in [0.15, 0.2) is 30.3 Å². The summed E-state index contributed by atoms with van der Waals surface area (Å²) in [6.45, 7) is 0.762. The van der Waals surface area contributed by atoms with Gasteiger partial charge in [0.15, 0.2) is 0 Å². The molecular weight excluding hydrogens is 552 g/mol. The number of likely N-dealkylation sites (tertiary alicyclic amines) is 2. The molecule has 2 saturated heterocycles. The first-order valence-corrected chi connectivity index (χ1v) is 13.7. The largest absolute Gasteiger partial charge is 0.480 e. The first kappa shape index (κ1) is 31.8. The minimum atomic E-state index is -1.20. The Morgan fingerprint density at radius 2 is 1.40 bits per heavy atom. The molecule has 0 aliphatic carbocycles. The molecule has 2 fully saturated rings. The molecule has 15 nitrogen and oxygen atoms in total. The Hall–Kier alpha value is -4.69. The second-order valence-electron chi connectivity index (χ2n) is 9.97. The number of benzene rings is 1. The number of carbonyl (C=O) groups excluding carboxylic acids is 6. The molecule has 42 heavy (non-hydrogen) atoms. The average Bonchev–Trinajstić information content (AvgIpc) is 3.67. The third-order valence-corrected chi connectivity index (χ3v) is 6.94. The Bertz CT molecular complexity index is 1180. The van der Waals surface area contributed by atoms with Crippen LogP contribution in [0.2, 0.25) is 0 Å². The molecule has 6 amide bonds. The quantitative estimate of drug-likeness (QED) is 0.197. The third-order valence-electron chi connectivity index (χ3n) is 6.94. The predicted octanol–water partition coefficient (Wildman–Crippen LogP) is -1.28. The summed E-state index contributed by atoms with van der Waals surface area (Å²) in [5.41, 5.74) is 0.791. The number of hydrogen-bond acceptors (Lipinski definition) is 8. The van der Waals surface area contributed by atoms with Crippen molar-refractivity contribution in [2.24, 2.45) is 0 Å². The minimum absolute atomic E-state index is 0.0449. The van der Waals surface area contributed by atoms with Crippen LogP contribution in [0.5, 0.6) is 0 Å². The molecule has 1 aromatic carbocycles. The van der Waals surface area contributed by atoms with Crippen LogP contribution in [-0.4, -0.2) is 107 Å². The number of carboxylic acid groups (broad SMARTS) is 1. The third kappa shape index (κ3) is 9.17. The molecule has 3 rings (SSSR count). The molecule has 0 radical (unpaired) electrons. The van der Waals surface area contributed by atoms with Gasteiger partial charge in [0.05, 0.1) is 13.1 Å². The lowest BCUT2D eigenvalue weighted by atomic mass is 10.2. The fourth-order valence-electron chi connectivity index (χ4n) is 4.69. The molecule has 5 N–H and O–H groups in total. The summed E-state index contributed by atoms with van der Waals surface area (Å²) in [5.74, 6) is -3.95. The zero-order valence-electron chi connectivity index (χ0n) is 23.3. The fourth-order valence-corrected chi connectivity index (χ4v) is 4.69. The predicted molar refractivity (Wildman–Crippen MR) is 145 cm³/mol. The van der Waals surface area contributed by atoms with Crippen molar-refractivity contribution in [3.8, 4) is 0 Å². The fraction of sp³-hybridized carbons (Fsp3) is 0.519. The zero-order chi connectivity index (χ0) is 30.6. The molecular formula is C27H36N6O9. The van der Waals surface area contributed by atoms with E-state index in [1.165, 1.54) is 16.7 Å². The van der Waals surface area contributed by atoms with Gasteiger partial charge in [-0.1, -0.05) is 30.3 Å². The average molecular weight is 589 g/mol. The number of nitrogens with one attached hydrogen (secondary N) is 4. The lowest BCUT2D eigenvalue weighted by molar-refractivity contribution is -0.143. The highest BCUT2D eigenvalue weighted by molar-refractivity contribution is 5.94. The van der Waals surface area contributed by atoms with Gasteiger partial charge in [0.25, 0.3) is 0 Å². The SMILES string of the molecule is CC(NC(=O)C1CCCN1C(=O)CNC(=O)CNC(=O)C1CCCN1C(=O)CNC(=O)OCc1ccccc1)C(=O)O. The van der Waals surface area contributed by atoms with Crippen molar-refractivity contribution in [2.75, 3.05) is 32.7 Å². The standard InChI is InChI=1S/C27H36N6O9/c1-17(26(39)40)31-25(38)20-10-6-12-33(20)22(35)14-28-21(34)13-29-24(37)19-9-5-11-32(19)23(36)15-30-27(41)42-16-18-7-3-2-4-8-18/h2-4,7-8,17,19-20H,5-6,9-16H2,1H3,(H,28,34)(H,29,37)(H,30,41)(H,31,38)(H,39,40). The summed E-state index contributed by atoms with van der Waals surface area (Å²) in [4.78, 5) is 88.2. The molecule has 3 unspecified atom stereocenters. The van der Waals surface area contributed by atoms with Gasteiger partial charge in [0.2, 0.25) is 29.5 Å². The summed E-state index contributed by atoms with van der Waals surface area (Å²) in [6.07, 6.45) is 1.10. The van der Waals surface area contributed by atoms with Crippen LogP contribution in [0.1, 0.15) is 38.2 Å². The summed E-state index contributed by atoms with van der Waals surface area (Å²) in [7, 11) is 0. The molecule has 3 atom stereocenters. The molecule has 2 aliphatic heterocycles. The van der Waals surface area contributed by atoms with Crippen LogP contribution in [0.3, 0.4) is 0 Å². The van der Waals surface area contributed by atoms with Crippen LogP contribution in [0, 0.1) is 0 Å². The maximum atomic E-state index is 12.7. The van der Waals surface area contributed by atoms with Crippen molar-refractivity contribution in [1.29, 1.82) is 0 Å². The summed E-state index contributed by atoms with van der Waals surface area (Å²) >= 11 is 0. The Labute approximate surface area is 242 Å². The topological polar surface area (TPSA) is 204 Å². The highest BCUT2D eigenvalue weighted by atomic mass is 16.5. The van der Waals surface area contributed by atoms with Gasteiger partial charge in [-0.2, -0.15) is 0 Å². The Morgan fingerprint density at radius 1 is 0.833 bits per heavy atom. The Morgan fingerprint density at radius 3 is 2.00 bits per heavy atom. The number of amides is 6. The lowest BCUT2D eigenvalue weighted by Gasteiger charge is -2.25.